The molecular weight excluding hydrogens is 164 g/mol. The SMILES string of the molecule is Nc1ccc(C2CC=NCC2)nn1. The molecule has 1 atom stereocenters. The van der Waals surface area contributed by atoms with Gasteiger partial charge >= 0.3 is 0 Å². The molecule has 0 spiro atoms. The summed E-state index contributed by atoms with van der Waals surface area (Å²) in [6, 6.07) is 3.75. The third-order valence-electron chi connectivity index (χ3n) is 2.25. The van der Waals surface area contributed by atoms with E-state index in [4.69, 9.17) is 5.73 Å². The number of nitrogens with zero attached hydrogens (tertiary/aromatic N) is 3. The van der Waals surface area contributed by atoms with E-state index in [0.29, 0.717) is 11.7 Å². The number of anilines is 1. The zero-order valence-electron chi connectivity index (χ0n) is 7.35. The lowest BCUT2D eigenvalue weighted by atomic mass is 9.96. The summed E-state index contributed by atoms with van der Waals surface area (Å²) in [5.41, 5.74) is 6.48. The molecule has 2 rings (SSSR count). The number of nitrogen functional groups attached to an aromatic ring is 1. The molecule has 0 radical (unpaired) electrons. The van der Waals surface area contributed by atoms with Crippen molar-refractivity contribution in [2.24, 2.45) is 4.99 Å². The first-order chi connectivity index (χ1) is 6.36. The first-order valence-electron chi connectivity index (χ1n) is 4.43. The summed E-state index contributed by atoms with van der Waals surface area (Å²) >= 11 is 0. The van der Waals surface area contributed by atoms with Gasteiger partial charge in [0, 0.05) is 12.5 Å². The fraction of sp³-hybridized carbons (Fsp3) is 0.444. The monoisotopic (exact) mass is 176 g/mol. The molecule has 1 aliphatic heterocycles. The summed E-state index contributed by atoms with van der Waals surface area (Å²) in [6.07, 6.45) is 4.00. The maximum atomic E-state index is 5.46. The highest BCUT2D eigenvalue weighted by Gasteiger charge is 2.14. The lowest BCUT2D eigenvalue weighted by molar-refractivity contribution is 0.612. The molecule has 2 heterocycles. The molecule has 68 valence electrons. The molecule has 1 aromatic heterocycles. The maximum Gasteiger partial charge on any atom is 0.146 e. The molecule has 0 amide bonds. The summed E-state index contributed by atoms with van der Waals surface area (Å²) in [5.74, 6) is 0.957. The number of nitrogens with two attached hydrogens (primary N) is 1. The summed E-state index contributed by atoms with van der Waals surface area (Å²) < 4.78 is 0. The maximum absolute atomic E-state index is 5.46. The molecule has 1 unspecified atom stereocenters. The Hall–Kier alpha value is -1.45. The summed E-state index contributed by atoms with van der Waals surface area (Å²) in [7, 11) is 0. The molecule has 2 N–H and O–H groups in total. The lowest BCUT2D eigenvalue weighted by Gasteiger charge is -2.15. The van der Waals surface area contributed by atoms with Crippen molar-refractivity contribution >= 4 is 12.0 Å². The molecule has 1 aliphatic rings. The van der Waals surface area contributed by atoms with E-state index in [1.165, 1.54) is 0 Å². The van der Waals surface area contributed by atoms with Crippen LogP contribution in [0.2, 0.25) is 0 Å². The average molecular weight is 176 g/mol. The van der Waals surface area contributed by atoms with Gasteiger partial charge in [-0.3, -0.25) is 4.99 Å². The topological polar surface area (TPSA) is 64.2 Å². The van der Waals surface area contributed by atoms with Crippen LogP contribution in [0, 0.1) is 0 Å². The predicted molar refractivity (Wildman–Crippen MR) is 51.8 cm³/mol. The van der Waals surface area contributed by atoms with Gasteiger partial charge in [0.05, 0.1) is 5.69 Å². The minimum Gasteiger partial charge on any atom is -0.382 e. The van der Waals surface area contributed by atoms with Crippen molar-refractivity contribution in [3.63, 3.8) is 0 Å². The first-order valence-corrected chi connectivity index (χ1v) is 4.43. The van der Waals surface area contributed by atoms with Gasteiger partial charge in [-0.2, -0.15) is 5.10 Å². The van der Waals surface area contributed by atoms with E-state index >= 15 is 0 Å². The van der Waals surface area contributed by atoms with Gasteiger partial charge < -0.3 is 5.73 Å². The zero-order chi connectivity index (χ0) is 9.10. The number of hydrogen-bond donors (Lipinski definition) is 1. The minimum atomic E-state index is 0.477. The lowest BCUT2D eigenvalue weighted by Crippen LogP contribution is -2.09. The molecule has 0 bridgehead atoms. The van der Waals surface area contributed by atoms with Gasteiger partial charge in [-0.25, -0.2) is 0 Å². The van der Waals surface area contributed by atoms with Crippen LogP contribution in [0.1, 0.15) is 24.5 Å². The van der Waals surface area contributed by atoms with Crippen LogP contribution in [0.4, 0.5) is 5.82 Å². The molecule has 0 fully saturated rings. The molecule has 0 saturated heterocycles. The fourth-order valence-corrected chi connectivity index (χ4v) is 1.48. The van der Waals surface area contributed by atoms with E-state index < -0.39 is 0 Å². The summed E-state index contributed by atoms with van der Waals surface area (Å²) in [5, 5.41) is 7.90. The molecule has 4 heteroatoms. The van der Waals surface area contributed by atoms with Gasteiger partial charge in [0.25, 0.3) is 0 Å². The van der Waals surface area contributed by atoms with Gasteiger partial charge in [-0.05, 0) is 31.2 Å². The number of rotatable bonds is 1. The Morgan fingerprint density at radius 2 is 2.23 bits per heavy atom. The normalized spacial score (nSPS) is 21.7. The van der Waals surface area contributed by atoms with Crippen molar-refractivity contribution in [2.45, 2.75) is 18.8 Å². The Morgan fingerprint density at radius 3 is 2.85 bits per heavy atom. The molecule has 1 aromatic rings. The van der Waals surface area contributed by atoms with Crippen LogP contribution in [-0.2, 0) is 0 Å². The second-order valence-electron chi connectivity index (χ2n) is 3.19. The average Bonchev–Trinajstić information content (AvgIpc) is 2.20. The van der Waals surface area contributed by atoms with Gasteiger partial charge in [-0.1, -0.05) is 0 Å². The van der Waals surface area contributed by atoms with E-state index in [-0.39, 0.29) is 0 Å². The Morgan fingerprint density at radius 1 is 1.31 bits per heavy atom. The van der Waals surface area contributed by atoms with E-state index in [1.807, 2.05) is 12.3 Å². The van der Waals surface area contributed by atoms with Crippen LogP contribution < -0.4 is 5.73 Å². The molecule has 13 heavy (non-hydrogen) atoms. The highest BCUT2D eigenvalue weighted by Crippen LogP contribution is 2.22. The quantitative estimate of drug-likeness (QED) is 0.694. The van der Waals surface area contributed by atoms with Crippen LogP contribution in [0.3, 0.4) is 0 Å². The summed E-state index contributed by atoms with van der Waals surface area (Å²) in [4.78, 5) is 4.17. The third-order valence-corrected chi connectivity index (χ3v) is 2.25. The van der Waals surface area contributed by atoms with Crippen molar-refractivity contribution in [3.8, 4) is 0 Å². The van der Waals surface area contributed by atoms with Crippen molar-refractivity contribution in [3.05, 3.63) is 17.8 Å². The largest absolute Gasteiger partial charge is 0.382 e. The van der Waals surface area contributed by atoms with Crippen LogP contribution in [0.5, 0.6) is 0 Å². The van der Waals surface area contributed by atoms with E-state index in [2.05, 4.69) is 15.2 Å². The van der Waals surface area contributed by atoms with Gasteiger partial charge in [0.2, 0.25) is 0 Å². The number of hydrogen-bond acceptors (Lipinski definition) is 4. The van der Waals surface area contributed by atoms with Crippen LogP contribution >= 0.6 is 0 Å². The molecule has 0 aromatic carbocycles. The Bertz CT molecular complexity index is 304. The van der Waals surface area contributed by atoms with Crippen molar-refractivity contribution < 1.29 is 0 Å². The van der Waals surface area contributed by atoms with E-state index in [9.17, 15) is 0 Å². The standard InChI is InChI=1S/C9H12N4/c10-9-2-1-8(12-13-9)7-3-5-11-6-4-7/h1-2,5,7H,3-4,6H2,(H2,10,13). The van der Waals surface area contributed by atoms with Crippen LogP contribution in [0.25, 0.3) is 0 Å². The van der Waals surface area contributed by atoms with E-state index in [0.717, 1.165) is 25.1 Å². The fourth-order valence-electron chi connectivity index (χ4n) is 1.48. The second-order valence-corrected chi connectivity index (χ2v) is 3.19. The molecule has 0 saturated carbocycles. The van der Waals surface area contributed by atoms with Crippen molar-refractivity contribution in [1.29, 1.82) is 0 Å². The smallest absolute Gasteiger partial charge is 0.146 e. The Balaban J connectivity index is 2.15. The zero-order valence-corrected chi connectivity index (χ0v) is 7.35. The van der Waals surface area contributed by atoms with Crippen molar-refractivity contribution in [1.82, 2.24) is 10.2 Å². The Labute approximate surface area is 76.9 Å². The first kappa shape index (κ1) is 8.16. The summed E-state index contributed by atoms with van der Waals surface area (Å²) in [6.45, 7) is 0.900. The minimum absolute atomic E-state index is 0.477. The highest BCUT2D eigenvalue weighted by atomic mass is 15.1. The van der Waals surface area contributed by atoms with Gasteiger partial charge in [-0.15, -0.1) is 5.10 Å². The van der Waals surface area contributed by atoms with Crippen molar-refractivity contribution in [2.75, 3.05) is 12.3 Å². The molecule has 4 nitrogen and oxygen atoms in total. The van der Waals surface area contributed by atoms with Gasteiger partial charge in [0.15, 0.2) is 0 Å². The molecule has 0 aliphatic carbocycles. The Kier molecular flexibility index (Phi) is 2.21. The second kappa shape index (κ2) is 3.51. The molecular formula is C9H12N4. The van der Waals surface area contributed by atoms with Crippen LogP contribution in [-0.4, -0.2) is 23.0 Å². The highest BCUT2D eigenvalue weighted by molar-refractivity contribution is 5.59. The van der Waals surface area contributed by atoms with Gasteiger partial charge in [0.1, 0.15) is 5.82 Å². The third kappa shape index (κ3) is 1.83. The van der Waals surface area contributed by atoms with Crippen LogP contribution in [0.15, 0.2) is 17.1 Å². The number of aromatic nitrogens is 2. The predicted octanol–water partition coefficient (Wildman–Crippen LogP) is 1.01. The van der Waals surface area contributed by atoms with E-state index in [1.54, 1.807) is 6.07 Å². The number of aliphatic imine (C=N–C) groups is 1.